The molecule has 0 saturated carbocycles. The van der Waals surface area contributed by atoms with Crippen molar-refractivity contribution in [2.24, 2.45) is 0 Å². The molecule has 3 rings (SSSR count). The molecule has 0 N–H and O–H groups in total. The molecule has 0 fully saturated rings. The maximum absolute atomic E-state index is 13.0. The molecule has 3 heteroatoms. The van der Waals surface area contributed by atoms with Crippen molar-refractivity contribution in [2.45, 2.75) is 12.8 Å². The van der Waals surface area contributed by atoms with Crippen molar-refractivity contribution >= 4 is 22.6 Å². The lowest BCUT2D eigenvalue weighted by Gasteiger charge is -2.23. The van der Waals surface area contributed by atoms with Crippen LogP contribution in [-0.2, 0) is 6.42 Å². The van der Waals surface area contributed by atoms with Crippen LogP contribution in [0.4, 0.5) is 4.39 Å². The van der Waals surface area contributed by atoms with Crippen LogP contribution in [0.1, 0.15) is 23.1 Å². The van der Waals surface area contributed by atoms with Gasteiger partial charge in [0.15, 0.2) is 0 Å². The highest BCUT2D eigenvalue weighted by Gasteiger charge is 2.12. The zero-order chi connectivity index (χ0) is 14.7. The van der Waals surface area contributed by atoms with Crippen molar-refractivity contribution < 1.29 is 4.39 Å². The molecule has 0 aromatic heterocycles. The number of likely N-dealkylation sites (N-methyl/N-ethyl adjacent to an activating group) is 1. The van der Waals surface area contributed by atoms with Crippen molar-refractivity contribution in [2.75, 3.05) is 20.1 Å². The van der Waals surface area contributed by atoms with Gasteiger partial charge in [0.05, 0.1) is 0 Å². The van der Waals surface area contributed by atoms with Gasteiger partial charge in [-0.1, -0.05) is 42.5 Å². The van der Waals surface area contributed by atoms with Crippen LogP contribution in [0.5, 0.6) is 0 Å². The Morgan fingerprint density at radius 1 is 1.05 bits per heavy atom. The highest BCUT2D eigenvalue weighted by Crippen LogP contribution is 2.26. The smallest absolute Gasteiger partial charge is 0.123 e. The highest BCUT2D eigenvalue weighted by molar-refractivity contribution is 8.93. The minimum absolute atomic E-state index is 0. The van der Waals surface area contributed by atoms with Gasteiger partial charge in [0.25, 0.3) is 0 Å². The van der Waals surface area contributed by atoms with Gasteiger partial charge < -0.3 is 4.90 Å². The normalized spacial score (nSPS) is 15.1. The SMILES string of the molecule is Br.CN1CC=C(c2ccccc2Cc2ccc(F)cc2)CC1. The first-order valence-corrected chi connectivity index (χ1v) is 7.42. The van der Waals surface area contributed by atoms with Crippen LogP contribution in [0, 0.1) is 5.82 Å². The lowest BCUT2D eigenvalue weighted by atomic mass is 9.92. The van der Waals surface area contributed by atoms with Gasteiger partial charge in [0.2, 0.25) is 0 Å². The summed E-state index contributed by atoms with van der Waals surface area (Å²) in [6, 6.07) is 15.4. The summed E-state index contributed by atoms with van der Waals surface area (Å²) in [5.41, 5.74) is 5.25. The van der Waals surface area contributed by atoms with Crippen LogP contribution in [0.2, 0.25) is 0 Å². The molecular weight excluding hydrogens is 341 g/mol. The van der Waals surface area contributed by atoms with Gasteiger partial charge in [0.1, 0.15) is 5.82 Å². The molecule has 22 heavy (non-hydrogen) atoms. The van der Waals surface area contributed by atoms with E-state index in [1.807, 2.05) is 12.1 Å². The molecule has 0 amide bonds. The summed E-state index contributed by atoms with van der Waals surface area (Å²) >= 11 is 0. The van der Waals surface area contributed by atoms with Crippen molar-refractivity contribution in [1.29, 1.82) is 0 Å². The summed E-state index contributed by atoms with van der Waals surface area (Å²) in [7, 11) is 2.15. The van der Waals surface area contributed by atoms with Gasteiger partial charge >= 0.3 is 0 Å². The molecule has 1 aliphatic heterocycles. The number of rotatable bonds is 3. The van der Waals surface area contributed by atoms with Crippen LogP contribution >= 0.6 is 17.0 Å². The third kappa shape index (κ3) is 4.05. The Hall–Kier alpha value is -1.45. The van der Waals surface area contributed by atoms with E-state index < -0.39 is 0 Å². The van der Waals surface area contributed by atoms with Crippen LogP contribution in [-0.4, -0.2) is 25.0 Å². The summed E-state index contributed by atoms with van der Waals surface area (Å²) in [6.07, 6.45) is 4.27. The van der Waals surface area contributed by atoms with Gasteiger partial charge in [-0.05, 0) is 54.3 Å². The van der Waals surface area contributed by atoms with Gasteiger partial charge in [0, 0.05) is 13.1 Å². The fraction of sp³-hybridized carbons (Fsp3) is 0.263. The molecule has 0 unspecified atom stereocenters. The van der Waals surface area contributed by atoms with Gasteiger partial charge in [-0.15, -0.1) is 17.0 Å². The number of hydrogen-bond donors (Lipinski definition) is 0. The van der Waals surface area contributed by atoms with E-state index in [0.717, 1.165) is 31.5 Å². The standard InChI is InChI=1S/C19H20FN.BrH/c1-21-12-10-16(11-13-21)19-5-3-2-4-17(19)14-15-6-8-18(20)9-7-15;/h2-10H,11-14H2,1H3;1H. The second kappa shape index (κ2) is 7.70. The molecule has 0 radical (unpaired) electrons. The largest absolute Gasteiger partial charge is 0.302 e. The van der Waals surface area contributed by atoms with Crippen LogP contribution < -0.4 is 0 Å². The number of benzene rings is 2. The first kappa shape index (κ1) is 16.9. The Kier molecular flexibility index (Phi) is 5.92. The number of hydrogen-bond acceptors (Lipinski definition) is 1. The van der Waals surface area contributed by atoms with Gasteiger partial charge in [-0.25, -0.2) is 4.39 Å². The molecule has 0 aliphatic carbocycles. The zero-order valence-corrected chi connectivity index (χ0v) is 14.5. The van der Waals surface area contributed by atoms with E-state index in [2.05, 4.69) is 42.3 Å². The summed E-state index contributed by atoms with van der Waals surface area (Å²) < 4.78 is 13.0. The topological polar surface area (TPSA) is 3.24 Å². The zero-order valence-electron chi connectivity index (χ0n) is 12.8. The van der Waals surface area contributed by atoms with Crippen LogP contribution in [0.3, 0.4) is 0 Å². The second-order valence-corrected chi connectivity index (χ2v) is 5.70. The van der Waals surface area contributed by atoms with Crippen molar-refractivity contribution in [1.82, 2.24) is 4.90 Å². The second-order valence-electron chi connectivity index (χ2n) is 5.70. The molecule has 0 saturated heterocycles. The quantitative estimate of drug-likeness (QED) is 0.764. The fourth-order valence-electron chi connectivity index (χ4n) is 2.83. The highest BCUT2D eigenvalue weighted by atomic mass is 79.9. The molecule has 1 nitrogen and oxygen atoms in total. The minimum atomic E-state index is -0.176. The molecule has 116 valence electrons. The van der Waals surface area contributed by atoms with Crippen LogP contribution in [0.15, 0.2) is 54.6 Å². The molecular formula is C19H21BrFN. The summed E-state index contributed by atoms with van der Waals surface area (Å²) in [4.78, 5) is 2.33. The summed E-state index contributed by atoms with van der Waals surface area (Å²) in [5, 5.41) is 0. The minimum Gasteiger partial charge on any atom is -0.302 e. The molecule has 0 atom stereocenters. The Bertz CT molecular complexity index is 649. The van der Waals surface area contributed by atoms with Crippen molar-refractivity contribution in [3.05, 3.63) is 77.1 Å². The third-order valence-electron chi connectivity index (χ3n) is 4.08. The molecule has 2 aromatic carbocycles. The molecule has 1 aliphatic rings. The predicted molar refractivity (Wildman–Crippen MR) is 96.1 cm³/mol. The van der Waals surface area contributed by atoms with E-state index in [0.29, 0.717) is 0 Å². The summed E-state index contributed by atoms with van der Waals surface area (Å²) in [6.45, 7) is 2.12. The lowest BCUT2D eigenvalue weighted by Crippen LogP contribution is -2.23. The third-order valence-corrected chi connectivity index (χ3v) is 4.08. The maximum Gasteiger partial charge on any atom is 0.123 e. The van der Waals surface area contributed by atoms with Gasteiger partial charge in [-0.2, -0.15) is 0 Å². The molecule has 1 heterocycles. The number of halogens is 2. The Morgan fingerprint density at radius 2 is 1.77 bits per heavy atom. The van der Waals surface area contributed by atoms with E-state index in [1.54, 1.807) is 0 Å². The molecule has 0 bridgehead atoms. The average Bonchev–Trinajstić information content (AvgIpc) is 2.51. The van der Waals surface area contributed by atoms with Crippen molar-refractivity contribution in [3.63, 3.8) is 0 Å². The van der Waals surface area contributed by atoms with Crippen LogP contribution in [0.25, 0.3) is 5.57 Å². The van der Waals surface area contributed by atoms with E-state index >= 15 is 0 Å². The molecule has 0 spiro atoms. The van der Waals surface area contributed by atoms with E-state index in [9.17, 15) is 4.39 Å². The molecule has 2 aromatic rings. The number of nitrogens with zero attached hydrogens (tertiary/aromatic N) is 1. The first-order chi connectivity index (χ1) is 10.2. The first-order valence-electron chi connectivity index (χ1n) is 7.42. The van der Waals surface area contributed by atoms with E-state index in [-0.39, 0.29) is 22.8 Å². The summed E-state index contributed by atoms with van der Waals surface area (Å²) in [5.74, 6) is -0.176. The monoisotopic (exact) mass is 361 g/mol. The van der Waals surface area contributed by atoms with E-state index in [1.165, 1.54) is 28.8 Å². The Morgan fingerprint density at radius 3 is 2.45 bits per heavy atom. The average molecular weight is 362 g/mol. The predicted octanol–water partition coefficient (Wildman–Crippen LogP) is 4.71. The van der Waals surface area contributed by atoms with E-state index in [4.69, 9.17) is 0 Å². The van der Waals surface area contributed by atoms with Crippen molar-refractivity contribution in [3.8, 4) is 0 Å². The Labute approximate surface area is 142 Å². The fourth-order valence-corrected chi connectivity index (χ4v) is 2.83. The Balaban J connectivity index is 0.00000176. The lowest BCUT2D eigenvalue weighted by molar-refractivity contribution is 0.370. The maximum atomic E-state index is 13.0. The van der Waals surface area contributed by atoms with Gasteiger partial charge in [-0.3, -0.25) is 0 Å².